The molecule has 2 heterocycles. The molecule has 0 fully saturated rings. The number of nitrogens with one attached hydrogen (secondary N) is 1. The maximum absolute atomic E-state index is 11.4. The lowest BCUT2D eigenvalue weighted by molar-refractivity contribution is 0.450. The summed E-state index contributed by atoms with van der Waals surface area (Å²) in [5.74, 6) is -0.557. The van der Waals surface area contributed by atoms with Crippen LogP contribution < -0.4 is 5.32 Å². The van der Waals surface area contributed by atoms with Gasteiger partial charge in [0.25, 0.3) is 0 Å². The van der Waals surface area contributed by atoms with E-state index in [9.17, 15) is 18.4 Å². The van der Waals surface area contributed by atoms with Gasteiger partial charge < -0.3 is 10.4 Å². The van der Waals surface area contributed by atoms with E-state index in [1.54, 1.807) is 24.3 Å². The van der Waals surface area contributed by atoms with Gasteiger partial charge in [0.05, 0.1) is 17.0 Å². The molecule has 22 heavy (non-hydrogen) atoms. The number of sulfone groups is 1. The number of nitroso groups, excluding NO2 is 1. The van der Waals surface area contributed by atoms with E-state index >= 15 is 0 Å². The Labute approximate surface area is 131 Å². The van der Waals surface area contributed by atoms with Crippen LogP contribution in [-0.2, 0) is 9.84 Å². The molecule has 0 amide bonds. The van der Waals surface area contributed by atoms with Gasteiger partial charge in [-0.05, 0) is 29.5 Å². The number of aromatic hydroxyl groups is 1. The molecule has 0 bridgehead atoms. The van der Waals surface area contributed by atoms with E-state index in [0.29, 0.717) is 16.6 Å². The molecule has 0 unspecified atom stereocenters. The quantitative estimate of drug-likeness (QED) is 0.640. The monoisotopic (exact) mass is 337 g/mol. The average molecular weight is 337 g/mol. The van der Waals surface area contributed by atoms with Gasteiger partial charge in [0, 0.05) is 11.1 Å². The highest BCUT2D eigenvalue weighted by Crippen LogP contribution is 2.38. The van der Waals surface area contributed by atoms with Crippen molar-refractivity contribution in [1.29, 1.82) is 0 Å². The van der Waals surface area contributed by atoms with Crippen LogP contribution in [0.3, 0.4) is 0 Å². The fourth-order valence-corrected chi connectivity index (χ4v) is 3.92. The van der Waals surface area contributed by atoms with E-state index in [2.05, 4.69) is 10.5 Å². The predicted molar refractivity (Wildman–Crippen MR) is 86.9 cm³/mol. The molecular formula is C13H11N3O4S2. The Bertz CT molecular complexity index is 928. The van der Waals surface area contributed by atoms with Crippen molar-refractivity contribution in [2.75, 3.05) is 11.5 Å². The van der Waals surface area contributed by atoms with Crippen molar-refractivity contribution in [2.24, 2.45) is 5.18 Å². The average Bonchev–Trinajstić information content (AvgIpc) is 2.94. The molecule has 1 aliphatic heterocycles. The van der Waals surface area contributed by atoms with Crippen molar-refractivity contribution in [1.82, 2.24) is 9.88 Å². The second kappa shape index (κ2) is 5.18. The van der Waals surface area contributed by atoms with Crippen LogP contribution >= 0.6 is 12.2 Å². The molecule has 0 aliphatic carbocycles. The predicted octanol–water partition coefficient (Wildman–Crippen LogP) is 1.78. The zero-order chi connectivity index (χ0) is 15.9. The van der Waals surface area contributed by atoms with Crippen LogP contribution in [0, 0.1) is 4.91 Å². The molecule has 0 saturated carbocycles. The SMILES string of the molecule is O=Nc1c(O)n(C(=S)NC2=CCS(=O)(=O)C2)c2ccccc12. The molecule has 0 atom stereocenters. The molecule has 7 nitrogen and oxygen atoms in total. The number of hydrogen-bond acceptors (Lipinski definition) is 6. The first-order valence-corrected chi connectivity index (χ1v) is 8.52. The van der Waals surface area contributed by atoms with Gasteiger partial charge in [-0.15, -0.1) is 4.91 Å². The minimum atomic E-state index is -3.13. The Kier molecular flexibility index (Phi) is 3.45. The normalized spacial score (nSPS) is 16.5. The maximum Gasteiger partial charge on any atom is 0.229 e. The smallest absolute Gasteiger partial charge is 0.229 e. The third kappa shape index (κ3) is 2.38. The fraction of sp³-hybridized carbons (Fsp3) is 0.154. The van der Waals surface area contributed by atoms with Crippen molar-refractivity contribution in [2.45, 2.75) is 0 Å². The molecule has 1 aromatic carbocycles. The molecule has 9 heteroatoms. The number of nitrogens with zero attached hydrogens (tertiary/aromatic N) is 2. The van der Waals surface area contributed by atoms with Gasteiger partial charge in [-0.1, -0.05) is 18.2 Å². The van der Waals surface area contributed by atoms with E-state index < -0.39 is 9.84 Å². The van der Waals surface area contributed by atoms with Gasteiger partial charge in [0.15, 0.2) is 20.6 Å². The van der Waals surface area contributed by atoms with Gasteiger partial charge in [0.1, 0.15) is 0 Å². The Morgan fingerprint density at radius 2 is 2.09 bits per heavy atom. The number of rotatable bonds is 2. The number of para-hydroxylation sites is 1. The zero-order valence-electron chi connectivity index (χ0n) is 11.2. The first-order chi connectivity index (χ1) is 10.4. The van der Waals surface area contributed by atoms with E-state index in [4.69, 9.17) is 12.2 Å². The van der Waals surface area contributed by atoms with Crippen LogP contribution in [-0.4, -0.2) is 34.7 Å². The van der Waals surface area contributed by atoms with Crippen molar-refractivity contribution >= 4 is 43.8 Å². The first-order valence-electron chi connectivity index (χ1n) is 6.29. The number of thiocarbonyl (C=S) groups is 1. The lowest BCUT2D eigenvalue weighted by atomic mass is 10.2. The zero-order valence-corrected chi connectivity index (χ0v) is 12.8. The summed E-state index contributed by atoms with van der Waals surface area (Å²) < 4.78 is 24.1. The standard InChI is InChI=1S/C13H11N3O4S2/c17-12-11(15-18)9-3-1-2-4-10(9)16(12)13(21)14-8-5-6-22(19,20)7-8/h1-5,17H,6-7H2,(H,14,21). The van der Waals surface area contributed by atoms with E-state index in [0.717, 1.165) is 0 Å². The van der Waals surface area contributed by atoms with Crippen LogP contribution in [0.5, 0.6) is 5.88 Å². The van der Waals surface area contributed by atoms with Crippen LogP contribution in [0.15, 0.2) is 41.2 Å². The van der Waals surface area contributed by atoms with Crippen LogP contribution in [0.25, 0.3) is 10.9 Å². The summed E-state index contributed by atoms with van der Waals surface area (Å²) in [5.41, 5.74) is 0.851. The van der Waals surface area contributed by atoms with Crippen LogP contribution in [0.2, 0.25) is 0 Å². The van der Waals surface area contributed by atoms with Crippen LogP contribution in [0.4, 0.5) is 5.69 Å². The van der Waals surface area contributed by atoms with E-state index in [-0.39, 0.29) is 28.2 Å². The van der Waals surface area contributed by atoms with E-state index in [1.807, 2.05) is 0 Å². The summed E-state index contributed by atoms with van der Waals surface area (Å²) in [4.78, 5) is 10.9. The molecule has 2 aromatic rings. The van der Waals surface area contributed by atoms with Crippen molar-refractivity contribution in [3.8, 4) is 5.88 Å². The van der Waals surface area contributed by atoms with Crippen LogP contribution in [0.1, 0.15) is 0 Å². The fourth-order valence-electron chi connectivity index (χ4n) is 2.37. The Morgan fingerprint density at radius 1 is 1.36 bits per heavy atom. The topological polar surface area (TPSA) is 101 Å². The minimum Gasteiger partial charge on any atom is -0.493 e. The largest absolute Gasteiger partial charge is 0.493 e. The molecule has 3 rings (SSSR count). The summed E-state index contributed by atoms with van der Waals surface area (Å²) in [6.07, 6.45) is 1.53. The second-order valence-corrected chi connectivity index (χ2v) is 7.33. The molecule has 1 aliphatic rings. The molecule has 2 N–H and O–H groups in total. The molecule has 1 aromatic heterocycles. The van der Waals surface area contributed by atoms with Crippen molar-refractivity contribution in [3.63, 3.8) is 0 Å². The van der Waals surface area contributed by atoms with Crippen molar-refractivity contribution in [3.05, 3.63) is 40.9 Å². The molecule has 0 saturated heterocycles. The number of hydrogen-bond donors (Lipinski definition) is 2. The van der Waals surface area contributed by atoms with Gasteiger partial charge in [-0.3, -0.25) is 4.57 Å². The Morgan fingerprint density at radius 3 is 2.73 bits per heavy atom. The first kappa shape index (κ1) is 14.7. The lowest BCUT2D eigenvalue weighted by Gasteiger charge is -2.11. The summed E-state index contributed by atoms with van der Waals surface area (Å²) in [5, 5.41) is 16.3. The Balaban J connectivity index is 2.02. The molecule has 0 radical (unpaired) electrons. The highest BCUT2D eigenvalue weighted by Gasteiger charge is 2.23. The van der Waals surface area contributed by atoms with Gasteiger partial charge in [-0.25, -0.2) is 8.42 Å². The Hall–Kier alpha value is -2.26. The highest BCUT2D eigenvalue weighted by atomic mass is 32.2. The molecular weight excluding hydrogens is 326 g/mol. The van der Waals surface area contributed by atoms with Gasteiger partial charge in [-0.2, -0.15) is 0 Å². The third-order valence-electron chi connectivity index (χ3n) is 3.34. The van der Waals surface area contributed by atoms with Crippen molar-refractivity contribution < 1.29 is 13.5 Å². The highest BCUT2D eigenvalue weighted by molar-refractivity contribution is 7.92. The summed E-state index contributed by atoms with van der Waals surface area (Å²) in [7, 11) is -3.13. The summed E-state index contributed by atoms with van der Waals surface area (Å²) in [6.45, 7) is 0. The van der Waals surface area contributed by atoms with E-state index in [1.165, 1.54) is 10.6 Å². The summed E-state index contributed by atoms with van der Waals surface area (Å²) >= 11 is 5.22. The second-order valence-electron chi connectivity index (χ2n) is 4.83. The lowest BCUT2D eigenvalue weighted by Crippen LogP contribution is -2.28. The number of fused-ring (bicyclic) bond motifs is 1. The molecule has 0 spiro atoms. The van der Waals surface area contributed by atoms with Gasteiger partial charge >= 0.3 is 0 Å². The maximum atomic E-state index is 11.4. The minimum absolute atomic E-state index is 0.0441. The third-order valence-corrected chi connectivity index (χ3v) is 5.05. The summed E-state index contributed by atoms with van der Waals surface area (Å²) in [6, 6.07) is 6.76. The molecule has 114 valence electrons. The number of aromatic nitrogens is 1. The van der Waals surface area contributed by atoms with Gasteiger partial charge in [0.2, 0.25) is 5.88 Å². The number of benzene rings is 1.